The zero-order valence-electron chi connectivity index (χ0n) is 8.00. The van der Waals surface area contributed by atoms with Crippen LogP contribution in [0.5, 0.6) is 0 Å². The van der Waals surface area contributed by atoms with E-state index in [1.54, 1.807) is 0 Å². The molecule has 0 radical (unpaired) electrons. The van der Waals surface area contributed by atoms with Crippen molar-refractivity contribution in [2.75, 3.05) is 0 Å². The van der Waals surface area contributed by atoms with Crippen molar-refractivity contribution in [1.82, 2.24) is 0 Å². The fourth-order valence-electron chi connectivity index (χ4n) is 2.07. The van der Waals surface area contributed by atoms with Crippen LogP contribution in [0.1, 0.15) is 37.2 Å². The summed E-state index contributed by atoms with van der Waals surface area (Å²) in [5.41, 5.74) is 1.01. The van der Waals surface area contributed by atoms with Gasteiger partial charge in [-0.3, -0.25) is 4.79 Å². The number of carbonyl (C=O) groups is 1. The summed E-state index contributed by atoms with van der Waals surface area (Å²) >= 11 is 6.07. The minimum atomic E-state index is 0.0532. The highest BCUT2D eigenvalue weighted by molar-refractivity contribution is 6.31. The summed E-state index contributed by atoms with van der Waals surface area (Å²) in [5.74, 6) is 0.404. The van der Waals surface area contributed by atoms with Crippen LogP contribution in [0, 0.1) is 0 Å². The first-order valence-corrected chi connectivity index (χ1v) is 5.44. The Bertz CT molecular complexity index is 346. The molecule has 0 spiro atoms. The van der Waals surface area contributed by atoms with Crippen molar-refractivity contribution in [3.8, 4) is 0 Å². The maximum atomic E-state index is 11.7. The molecule has 14 heavy (non-hydrogen) atoms. The maximum absolute atomic E-state index is 11.7. The molecule has 1 aromatic rings. The Kier molecular flexibility index (Phi) is 2.87. The van der Waals surface area contributed by atoms with Gasteiger partial charge in [0, 0.05) is 17.4 Å². The van der Waals surface area contributed by atoms with Crippen molar-refractivity contribution in [3.63, 3.8) is 0 Å². The highest BCUT2D eigenvalue weighted by atomic mass is 35.5. The van der Waals surface area contributed by atoms with E-state index >= 15 is 0 Å². The molecule has 2 heteroatoms. The molecule has 0 aliphatic heterocycles. The minimum absolute atomic E-state index is 0.0532. The number of benzene rings is 1. The standard InChI is InChI=1S/C12H13ClO/c13-11-7-3-1-5-9(11)10-6-2-4-8-12(10)14/h1,3,5,7,10H,2,4,6,8H2. The van der Waals surface area contributed by atoms with Crippen LogP contribution in [0.4, 0.5) is 0 Å². The average Bonchev–Trinajstić information content (AvgIpc) is 2.20. The molecular weight excluding hydrogens is 196 g/mol. The summed E-state index contributed by atoms with van der Waals surface area (Å²) in [5, 5.41) is 0.729. The van der Waals surface area contributed by atoms with Crippen LogP contribution in [0.15, 0.2) is 24.3 Å². The lowest BCUT2D eigenvalue weighted by molar-refractivity contribution is -0.121. The average molecular weight is 209 g/mol. The van der Waals surface area contributed by atoms with Crippen LogP contribution in [0.3, 0.4) is 0 Å². The molecule has 1 saturated carbocycles. The van der Waals surface area contributed by atoms with Crippen LogP contribution in [0.2, 0.25) is 5.02 Å². The van der Waals surface area contributed by atoms with Gasteiger partial charge in [0.2, 0.25) is 0 Å². The third kappa shape index (κ3) is 1.83. The van der Waals surface area contributed by atoms with Gasteiger partial charge in [-0.2, -0.15) is 0 Å². The monoisotopic (exact) mass is 208 g/mol. The molecule has 0 saturated heterocycles. The molecule has 0 amide bonds. The lowest BCUT2D eigenvalue weighted by Gasteiger charge is -2.21. The van der Waals surface area contributed by atoms with E-state index in [1.165, 1.54) is 0 Å². The molecule has 0 N–H and O–H groups in total. The molecule has 0 aromatic heterocycles. The first kappa shape index (κ1) is 9.72. The molecule has 1 aliphatic rings. The molecule has 1 aliphatic carbocycles. The van der Waals surface area contributed by atoms with Gasteiger partial charge in [0.15, 0.2) is 0 Å². The predicted octanol–water partition coefficient (Wildman–Crippen LogP) is 3.57. The van der Waals surface area contributed by atoms with Gasteiger partial charge in [0.1, 0.15) is 5.78 Å². The zero-order valence-corrected chi connectivity index (χ0v) is 8.76. The van der Waals surface area contributed by atoms with E-state index in [2.05, 4.69) is 0 Å². The zero-order chi connectivity index (χ0) is 9.97. The summed E-state index contributed by atoms with van der Waals surface area (Å²) in [4.78, 5) is 11.7. The molecule has 2 rings (SSSR count). The Hall–Kier alpha value is -0.820. The van der Waals surface area contributed by atoms with Crippen molar-refractivity contribution in [2.45, 2.75) is 31.6 Å². The molecule has 74 valence electrons. The smallest absolute Gasteiger partial charge is 0.140 e. The second kappa shape index (κ2) is 4.14. The fraction of sp³-hybridized carbons (Fsp3) is 0.417. The third-order valence-corrected chi connectivity index (χ3v) is 3.18. The summed E-state index contributed by atoms with van der Waals surface area (Å²) in [6.07, 6.45) is 3.86. The summed E-state index contributed by atoms with van der Waals surface area (Å²) in [6.45, 7) is 0. The number of rotatable bonds is 1. The van der Waals surface area contributed by atoms with E-state index in [-0.39, 0.29) is 5.92 Å². The van der Waals surface area contributed by atoms with E-state index in [0.717, 1.165) is 36.3 Å². The number of halogens is 1. The molecule has 1 aromatic carbocycles. The summed E-state index contributed by atoms with van der Waals surface area (Å²) in [6, 6.07) is 7.68. The largest absolute Gasteiger partial charge is 0.299 e. The van der Waals surface area contributed by atoms with E-state index in [9.17, 15) is 4.79 Å². The van der Waals surface area contributed by atoms with Crippen molar-refractivity contribution < 1.29 is 4.79 Å². The first-order valence-electron chi connectivity index (χ1n) is 5.06. The van der Waals surface area contributed by atoms with Gasteiger partial charge in [-0.05, 0) is 24.5 Å². The van der Waals surface area contributed by atoms with E-state index in [1.807, 2.05) is 24.3 Å². The molecule has 1 nitrogen and oxygen atoms in total. The van der Waals surface area contributed by atoms with Crippen LogP contribution in [-0.2, 0) is 4.79 Å². The van der Waals surface area contributed by atoms with Crippen LogP contribution in [0.25, 0.3) is 0 Å². The van der Waals surface area contributed by atoms with Crippen LogP contribution >= 0.6 is 11.6 Å². The van der Waals surface area contributed by atoms with Gasteiger partial charge in [0.25, 0.3) is 0 Å². The van der Waals surface area contributed by atoms with Crippen LogP contribution < -0.4 is 0 Å². The predicted molar refractivity (Wildman–Crippen MR) is 57.7 cm³/mol. The van der Waals surface area contributed by atoms with Crippen molar-refractivity contribution in [2.24, 2.45) is 0 Å². The van der Waals surface area contributed by atoms with Crippen molar-refractivity contribution in [3.05, 3.63) is 34.9 Å². The van der Waals surface area contributed by atoms with Gasteiger partial charge in [-0.25, -0.2) is 0 Å². The van der Waals surface area contributed by atoms with E-state index < -0.39 is 0 Å². The van der Waals surface area contributed by atoms with Gasteiger partial charge in [0.05, 0.1) is 0 Å². The number of hydrogen-bond donors (Lipinski definition) is 0. The quantitative estimate of drug-likeness (QED) is 0.690. The van der Waals surface area contributed by atoms with Gasteiger partial charge < -0.3 is 0 Å². The summed E-state index contributed by atoms with van der Waals surface area (Å²) in [7, 11) is 0. The molecule has 1 atom stereocenters. The molecule has 0 bridgehead atoms. The first-order chi connectivity index (χ1) is 6.79. The highest BCUT2D eigenvalue weighted by Gasteiger charge is 2.24. The minimum Gasteiger partial charge on any atom is -0.299 e. The van der Waals surface area contributed by atoms with Crippen LogP contribution in [-0.4, -0.2) is 5.78 Å². The maximum Gasteiger partial charge on any atom is 0.140 e. The molecule has 1 fully saturated rings. The molecule has 0 heterocycles. The number of Topliss-reactive ketones (excluding diaryl/α,β-unsaturated/α-hetero) is 1. The van der Waals surface area contributed by atoms with Crippen molar-refractivity contribution in [1.29, 1.82) is 0 Å². The second-order valence-corrected chi connectivity index (χ2v) is 4.19. The summed E-state index contributed by atoms with van der Waals surface area (Å²) < 4.78 is 0. The Balaban J connectivity index is 2.29. The lowest BCUT2D eigenvalue weighted by Crippen LogP contribution is -2.17. The molecule has 1 unspecified atom stereocenters. The topological polar surface area (TPSA) is 17.1 Å². The van der Waals surface area contributed by atoms with E-state index in [0.29, 0.717) is 5.78 Å². The Morgan fingerprint density at radius 3 is 2.71 bits per heavy atom. The number of carbonyl (C=O) groups excluding carboxylic acids is 1. The Morgan fingerprint density at radius 2 is 2.00 bits per heavy atom. The fourth-order valence-corrected chi connectivity index (χ4v) is 2.34. The third-order valence-electron chi connectivity index (χ3n) is 2.84. The SMILES string of the molecule is O=C1CCCCC1c1ccccc1Cl. The Morgan fingerprint density at radius 1 is 1.21 bits per heavy atom. The lowest BCUT2D eigenvalue weighted by atomic mass is 9.83. The number of hydrogen-bond acceptors (Lipinski definition) is 1. The normalized spacial score (nSPS) is 22.4. The van der Waals surface area contributed by atoms with E-state index in [4.69, 9.17) is 11.6 Å². The number of ketones is 1. The highest BCUT2D eigenvalue weighted by Crippen LogP contribution is 2.33. The molecular formula is C12H13ClO. The van der Waals surface area contributed by atoms with Gasteiger partial charge >= 0.3 is 0 Å². The Labute approximate surface area is 89.1 Å². The van der Waals surface area contributed by atoms with Crippen molar-refractivity contribution >= 4 is 17.4 Å². The van der Waals surface area contributed by atoms with Gasteiger partial charge in [-0.1, -0.05) is 36.2 Å². The van der Waals surface area contributed by atoms with Gasteiger partial charge in [-0.15, -0.1) is 0 Å². The second-order valence-electron chi connectivity index (χ2n) is 3.79.